The van der Waals surface area contributed by atoms with Crippen molar-refractivity contribution in [3.05, 3.63) is 0 Å². The summed E-state index contributed by atoms with van der Waals surface area (Å²) in [4.78, 5) is 11.5. The second-order valence-electron chi connectivity index (χ2n) is 4.46. The van der Waals surface area contributed by atoms with E-state index in [9.17, 15) is 13.6 Å². The van der Waals surface area contributed by atoms with Crippen molar-refractivity contribution < 1.29 is 13.6 Å². The Hall–Kier alpha value is -0.670. The van der Waals surface area contributed by atoms with Gasteiger partial charge in [0.15, 0.2) is 0 Å². The second kappa shape index (κ2) is 3.83. The highest BCUT2D eigenvalue weighted by atomic mass is 19.3. The van der Waals surface area contributed by atoms with Gasteiger partial charge in [0, 0.05) is 6.04 Å². The maximum atomic E-state index is 12.5. The van der Waals surface area contributed by atoms with Crippen LogP contribution in [0.4, 0.5) is 8.78 Å². The average molecular weight is 205 g/mol. The van der Waals surface area contributed by atoms with E-state index in [-0.39, 0.29) is 12.0 Å². The summed E-state index contributed by atoms with van der Waals surface area (Å²) in [5.74, 6) is -0.207. The molecule has 0 saturated heterocycles. The summed E-state index contributed by atoms with van der Waals surface area (Å²) < 4.78 is 25.0. The molecule has 0 aromatic rings. The predicted octanol–water partition coefficient (Wildman–Crippen LogP) is 2.19. The molecule has 1 saturated carbocycles. The molecule has 1 amide bonds. The standard InChI is InChI=1S/C10H17F2NO/c1-6(2)7(3)13-9(14)10(4-5-10)8(11)12/h6-8H,4-5H2,1-3H3,(H,13,14)/t7-/m1/s1. The molecule has 2 nitrogen and oxygen atoms in total. The Kier molecular flexibility index (Phi) is 3.12. The summed E-state index contributed by atoms with van der Waals surface area (Å²) in [7, 11) is 0. The van der Waals surface area contributed by atoms with Gasteiger partial charge < -0.3 is 5.32 Å². The molecule has 82 valence electrons. The molecule has 1 atom stereocenters. The lowest BCUT2D eigenvalue weighted by Gasteiger charge is -2.21. The number of hydrogen-bond donors (Lipinski definition) is 1. The van der Waals surface area contributed by atoms with Crippen LogP contribution in [0.25, 0.3) is 0 Å². The molecule has 0 radical (unpaired) electrons. The number of halogens is 2. The zero-order valence-corrected chi connectivity index (χ0v) is 8.81. The van der Waals surface area contributed by atoms with Crippen LogP contribution < -0.4 is 5.32 Å². The zero-order chi connectivity index (χ0) is 10.9. The van der Waals surface area contributed by atoms with E-state index in [4.69, 9.17) is 0 Å². The fourth-order valence-corrected chi connectivity index (χ4v) is 1.20. The van der Waals surface area contributed by atoms with E-state index in [0.29, 0.717) is 12.8 Å². The van der Waals surface area contributed by atoms with Crippen LogP contribution in [0.1, 0.15) is 33.6 Å². The molecule has 4 heteroatoms. The molecular weight excluding hydrogens is 188 g/mol. The highest BCUT2D eigenvalue weighted by Crippen LogP contribution is 2.50. The van der Waals surface area contributed by atoms with Gasteiger partial charge in [-0.15, -0.1) is 0 Å². The Morgan fingerprint density at radius 1 is 1.29 bits per heavy atom. The third kappa shape index (κ3) is 2.04. The van der Waals surface area contributed by atoms with E-state index < -0.39 is 17.7 Å². The molecule has 0 bridgehead atoms. The van der Waals surface area contributed by atoms with Gasteiger partial charge in [0.05, 0.1) is 0 Å². The number of nitrogens with one attached hydrogen (secondary N) is 1. The molecule has 0 unspecified atom stereocenters. The first-order chi connectivity index (χ1) is 6.40. The lowest BCUT2D eigenvalue weighted by molar-refractivity contribution is -0.133. The van der Waals surface area contributed by atoms with Crippen molar-refractivity contribution in [1.29, 1.82) is 0 Å². The summed E-state index contributed by atoms with van der Waals surface area (Å²) in [6, 6.07) is -0.0428. The fourth-order valence-electron chi connectivity index (χ4n) is 1.20. The number of hydrogen-bond acceptors (Lipinski definition) is 1. The molecule has 1 rings (SSSR count). The van der Waals surface area contributed by atoms with E-state index in [1.165, 1.54) is 0 Å². The van der Waals surface area contributed by atoms with Gasteiger partial charge in [-0.1, -0.05) is 13.8 Å². The molecule has 0 aromatic carbocycles. The minimum Gasteiger partial charge on any atom is -0.353 e. The molecule has 1 fully saturated rings. The summed E-state index contributed by atoms with van der Waals surface area (Å²) >= 11 is 0. The predicted molar refractivity (Wildman–Crippen MR) is 50.1 cm³/mol. The first-order valence-electron chi connectivity index (χ1n) is 4.99. The van der Waals surface area contributed by atoms with Crippen LogP contribution >= 0.6 is 0 Å². The first kappa shape index (κ1) is 11.4. The maximum absolute atomic E-state index is 12.5. The van der Waals surface area contributed by atoms with Crippen LogP contribution in [0, 0.1) is 11.3 Å². The quantitative estimate of drug-likeness (QED) is 0.749. The van der Waals surface area contributed by atoms with Gasteiger partial charge in [0.1, 0.15) is 5.41 Å². The highest BCUT2D eigenvalue weighted by molar-refractivity contribution is 5.86. The van der Waals surface area contributed by atoms with Crippen LogP contribution in [-0.4, -0.2) is 18.4 Å². The van der Waals surface area contributed by atoms with Crippen LogP contribution in [0.2, 0.25) is 0 Å². The zero-order valence-electron chi connectivity index (χ0n) is 8.81. The Bertz CT molecular complexity index is 224. The monoisotopic (exact) mass is 205 g/mol. The molecule has 1 aliphatic rings. The molecular formula is C10H17F2NO. The number of carbonyl (C=O) groups is 1. The normalized spacial score (nSPS) is 21.1. The minimum atomic E-state index is -2.53. The molecule has 0 spiro atoms. The Balaban J connectivity index is 2.51. The number of rotatable bonds is 4. The SMILES string of the molecule is CC(C)[C@@H](C)NC(=O)C1(C(F)F)CC1. The van der Waals surface area contributed by atoms with Crippen molar-refractivity contribution in [2.24, 2.45) is 11.3 Å². The van der Waals surface area contributed by atoms with Crippen molar-refractivity contribution in [3.8, 4) is 0 Å². The van der Waals surface area contributed by atoms with E-state index >= 15 is 0 Å². The van der Waals surface area contributed by atoms with Crippen molar-refractivity contribution in [2.75, 3.05) is 0 Å². The van der Waals surface area contributed by atoms with Crippen molar-refractivity contribution >= 4 is 5.91 Å². The first-order valence-corrected chi connectivity index (χ1v) is 4.99. The third-order valence-corrected chi connectivity index (χ3v) is 3.02. The maximum Gasteiger partial charge on any atom is 0.252 e. The van der Waals surface area contributed by atoms with E-state index in [2.05, 4.69) is 5.32 Å². The van der Waals surface area contributed by atoms with Gasteiger partial charge >= 0.3 is 0 Å². The molecule has 0 heterocycles. The molecule has 1 N–H and O–H groups in total. The lowest BCUT2D eigenvalue weighted by Crippen LogP contribution is -2.43. The van der Waals surface area contributed by atoms with Crippen molar-refractivity contribution in [3.63, 3.8) is 0 Å². The van der Waals surface area contributed by atoms with Gasteiger partial charge in [-0.2, -0.15) is 0 Å². The Morgan fingerprint density at radius 2 is 1.79 bits per heavy atom. The van der Waals surface area contributed by atoms with Crippen molar-refractivity contribution in [1.82, 2.24) is 5.32 Å². The summed E-state index contributed by atoms with van der Waals surface area (Å²) in [6.45, 7) is 5.74. The Labute approximate surface area is 83.1 Å². The summed E-state index contributed by atoms with van der Waals surface area (Å²) in [6.07, 6.45) is -1.88. The summed E-state index contributed by atoms with van der Waals surface area (Å²) in [5, 5.41) is 2.64. The number of alkyl halides is 2. The molecule has 14 heavy (non-hydrogen) atoms. The number of amides is 1. The lowest BCUT2D eigenvalue weighted by atomic mass is 10.0. The molecule has 0 aliphatic heterocycles. The fraction of sp³-hybridized carbons (Fsp3) is 0.900. The van der Waals surface area contributed by atoms with Gasteiger partial charge in [-0.05, 0) is 25.7 Å². The van der Waals surface area contributed by atoms with E-state index in [1.807, 2.05) is 20.8 Å². The largest absolute Gasteiger partial charge is 0.353 e. The third-order valence-electron chi connectivity index (χ3n) is 3.02. The van der Waals surface area contributed by atoms with Gasteiger partial charge in [-0.3, -0.25) is 4.79 Å². The average Bonchev–Trinajstić information content (AvgIpc) is 2.83. The second-order valence-corrected chi connectivity index (χ2v) is 4.46. The van der Waals surface area contributed by atoms with Gasteiger partial charge in [0.25, 0.3) is 6.43 Å². The van der Waals surface area contributed by atoms with E-state index in [1.54, 1.807) is 0 Å². The van der Waals surface area contributed by atoms with E-state index in [0.717, 1.165) is 0 Å². The van der Waals surface area contributed by atoms with Crippen LogP contribution in [-0.2, 0) is 4.79 Å². The van der Waals surface area contributed by atoms with Gasteiger partial charge in [0.2, 0.25) is 5.91 Å². The number of carbonyl (C=O) groups excluding carboxylic acids is 1. The Morgan fingerprint density at radius 3 is 2.07 bits per heavy atom. The van der Waals surface area contributed by atoms with Crippen molar-refractivity contribution in [2.45, 2.75) is 46.1 Å². The highest BCUT2D eigenvalue weighted by Gasteiger charge is 2.57. The van der Waals surface area contributed by atoms with Gasteiger partial charge in [-0.25, -0.2) is 8.78 Å². The molecule has 1 aliphatic carbocycles. The van der Waals surface area contributed by atoms with Crippen LogP contribution in [0.5, 0.6) is 0 Å². The topological polar surface area (TPSA) is 29.1 Å². The summed E-state index contributed by atoms with van der Waals surface area (Å²) in [5.41, 5.74) is -1.36. The minimum absolute atomic E-state index is 0.0428. The van der Waals surface area contributed by atoms with Crippen LogP contribution in [0.15, 0.2) is 0 Å². The molecule has 0 aromatic heterocycles. The smallest absolute Gasteiger partial charge is 0.252 e. The van der Waals surface area contributed by atoms with Crippen LogP contribution in [0.3, 0.4) is 0 Å².